The number of hydrogen-bond donors (Lipinski definition) is 1. The molecule has 0 amide bonds. The number of rotatable bonds is 6. The maximum absolute atomic E-state index is 13.1. The Morgan fingerprint density at radius 1 is 1.16 bits per heavy atom. The fourth-order valence-corrected chi connectivity index (χ4v) is 6.82. The smallest absolute Gasteiger partial charge is 0.174 e. The van der Waals surface area contributed by atoms with Crippen LogP contribution in [0.25, 0.3) is 0 Å². The van der Waals surface area contributed by atoms with Gasteiger partial charge in [-0.15, -0.1) is 12.4 Å². The van der Waals surface area contributed by atoms with Crippen molar-refractivity contribution < 1.29 is 19.0 Å². The average Bonchev–Trinajstić information content (AvgIpc) is 3.14. The largest absolute Gasteiger partial charge is 0.493 e. The van der Waals surface area contributed by atoms with Gasteiger partial charge in [0.1, 0.15) is 0 Å². The number of carbonyl (C=O) groups is 1. The van der Waals surface area contributed by atoms with Gasteiger partial charge in [0.05, 0.1) is 18.1 Å². The van der Waals surface area contributed by atoms with Crippen LogP contribution in [0, 0.1) is 0 Å². The summed E-state index contributed by atoms with van der Waals surface area (Å²) in [5, 5.41) is 3.75. The highest BCUT2D eigenvalue weighted by molar-refractivity contribution is 5.90. The molecule has 1 saturated carbocycles. The van der Waals surface area contributed by atoms with Crippen molar-refractivity contribution in [2.45, 2.75) is 61.7 Å². The number of ether oxygens (including phenoxy) is 3. The molecule has 4 aliphatic rings. The lowest BCUT2D eigenvalue weighted by atomic mass is 9.49. The third-order valence-corrected chi connectivity index (χ3v) is 8.06. The van der Waals surface area contributed by atoms with Gasteiger partial charge >= 0.3 is 0 Å². The Morgan fingerprint density at radius 3 is 2.81 bits per heavy atom. The molecule has 2 aliphatic heterocycles. The average molecular weight is 456 g/mol. The van der Waals surface area contributed by atoms with E-state index < -0.39 is 17.1 Å². The molecule has 32 heavy (non-hydrogen) atoms. The second-order valence-corrected chi connectivity index (χ2v) is 9.35. The van der Waals surface area contributed by atoms with Crippen LogP contribution < -0.4 is 14.8 Å². The van der Waals surface area contributed by atoms with E-state index in [-0.39, 0.29) is 24.2 Å². The topological polar surface area (TPSA) is 56.8 Å². The number of nitrogens with one attached hydrogen (secondary N) is 1. The van der Waals surface area contributed by atoms with Crippen LogP contribution in [0.4, 0.5) is 0 Å². The van der Waals surface area contributed by atoms with E-state index in [4.69, 9.17) is 14.2 Å². The van der Waals surface area contributed by atoms with E-state index in [0.717, 1.165) is 50.1 Å². The lowest BCUT2D eigenvalue weighted by Gasteiger charge is -2.61. The molecule has 0 unspecified atom stereocenters. The summed E-state index contributed by atoms with van der Waals surface area (Å²) < 4.78 is 19.0. The SMILES string of the molecule is COc1ccc2c3c1O[C@H]1C(=O)CC[C@@]4(OCCCc5ccccc5)[C@@H](C2)NCC[C@]314.Cl. The molecule has 2 fully saturated rings. The van der Waals surface area contributed by atoms with Crippen LogP contribution in [0.1, 0.15) is 42.4 Å². The van der Waals surface area contributed by atoms with Crippen LogP contribution in [0.3, 0.4) is 0 Å². The second-order valence-electron chi connectivity index (χ2n) is 9.35. The van der Waals surface area contributed by atoms with E-state index in [1.165, 1.54) is 16.7 Å². The molecule has 1 N–H and O–H groups in total. The van der Waals surface area contributed by atoms with Gasteiger partial charge in [-0.05, 0) is 55.8 Å². The Balaban J connectivity index is 0.00000216. The van der Waals surface area contributed by atoms with E-state index in [2.05, 4.69) is 41.7 Å². The van der Waals surface area contributed by atoms with E-state index in [0.29, 0.717) is 13.0 Å². The van der Waals surface area contributed by atoms with Gasteiger partial charge in [0.15, 0.2) is 23.4 Å². The third kappa shape index (κ3) is 2.81. The summed E-state index contributed by atoms with van der Waals surface area (Å²) >= 11 is 0. The lowest BCUT2D eigenvalue weighted by Crippen LogP contribution is -2.77. The highest BCUT2D eigenvalue weighted by Gasteiger charge is 2.73. The number of piperidine rings is 1. The van der Waals surface area contributed by atoms with Gasteiger partial charge in [-0.3, -0.25) is 4.79 Å². The van der Waals surface area contributed by atoms with Crippen molar-refractivity contribution in [2.75, 3.05) is 20.3 Å². The Bertz CT molecular complexity index is 1030. The third-order valence-electron chi connectivity index (χ3n) is 8.06. The summed E-state index contributed by atoms with van der Waals surface area (Å²) in [5.74, 6) is 1.71. The summed E-state index contributed by atoms with van der Waals surface area (Å²) in [7, 11) is 1.67. The number of Topliss-reactive ketones (excluding diaryl/α,β-unsaturated/α-hetero) is 1. The number of aryl methyl sites for hydroxylation is 1. The fraction of sp³-hybridized carbons (Fsp3) is 0.500. The second kappa shape index (κ2) is 8.05. The Hall–Kier alpha value is -2.08. The van der Waals surface area contributed by atoms with Crippen LogP contribution >= 0.6 is 12.4 Å². The zero-order valence-corrected chi connectivity index (χ0v) is 19.2. The quantitative estimate of drug-likeness (QED) is 0.672. The molecule has 2 aromatic rings. The minimum atomic E-state index is -0.467. The van der Waals surface area contributed by atoms with Gasteiger partial charge in [-0.1, -0.05) is 36.4 Å². The van der Waals surface area contributed by atoms with Crippen molar-refractivity contribution in [1.82, 2.24) is 5.32 Å². The highest BCUT2D eigenvalue weighted by atomic mass is 35.5. The van der Waals surface area contributed by atoms with Crippen LogP contribution in [-0.4, -0.2) is 43.8 Å². The zero-order valence-electron chi connectivity index (χ0n) is 18.4. The van der Waals surface area contributed by atoms with E-state index in [1.54, 1.807) is 7.11 Å². The van der Waals surface area contributed by atoms with Crippen molar-refractivity contribution in [3.63, 3.8) is 0 Å². The number of benzene rings is 2. The summed E-state index contributed by atoms with van der Waals surface area (Å²) in [6, 6.07) is 14.9. The van der Waals surface area contributed by atoms with Crippen LogP contribution in [0.5, 0.6) is 11.5 Å². The molecule has 170 valence electrons. The monoisotopic (exact) mass is 455 g/mol. The normalized spacial score (nSPS) is 31.3. The molecule has 6 rings (SSSR count). The van der Waals surface area contributed by atoms with E-state index in [1.807, 2.05) is 6.07 Å². The number of carbonyl (C=O) groups excluding carboxylic acids is 1. The van der Waals surface area contributed by atoms with Crippen molar-refractivity contribution in [2.24, 2.45) is 0 Å². The minimum Gasteiger partial charge on any atom is -0.493 e. The van der Waals surface area contributed by atoms with Gasteiger partial charge in [-0.2, -0.15) is 0 Å². The van der Waals surface area contributed by atoms with Crippen LogP contribution in [-0.2, 0) is 27.8 Å². The molecule has 5 nitrogen and oxygen atoms in total. The van der Waals surface area contributed by atoms with E-state index >= 15 is 0 Å². The molecule has 2 bridgehead atoms. The molecule has 1 spiro atoms. The Labute approximate surface area is 195 Å². The fourth-order valence-electron chi connectivity index (χ4n) is 6.82. The molecule has 2 aliphatic carbocycles. The number of halogens is 1. The van der Waals surface area contributed by atoms with Crippen LogP contribution in [0.15, 0.2) is 42.5 Å². The summed E-state index contributed by atoms with van der Waals surface area (Å²) in [6.45, 7) is 1.56. The van der Waals surface area contributed by atoms with Gasteiger partial charge in [0, 0.05) is 24.6 Å². The molecule has 0 radical (unpaired) electrons. The molecule has 1 saturated heterocycles. The zero-order chi connectivity index (χ0) is 21.1. The maximum atomic E-state index is 13.1. The van der Waals surface area contributed by atoms with Crippen molar-refractivity contribution in [1.29, 1.82) is 0 Å². The molecule has 2 aromatic carbocycles. The summed E-state index contributed by atoms with van der Waals surface area (Å²) in [6.07, 6.45) is 4.51. The predicted octanol–water partition coefficient (Wildman–Crippen LogP) is 3.78. The van der Waals surface area contributed by atoms with Gasteiger partial charge in [-0.25, -0.2) is 0 Å². The van der Waals surface area contributed by atoms with Gasteiger partial charge in [0.25, 0.3) is 0 Å². The van der Waals surface area contributed by atoms with Crippen molar-refractivity contribution in [3.05, 3.63) is 59.2 Å². The first kappa shape index (κ1) is 21.7. The lowest BCUT2D eigenvalue weighted by molar-refractivity contribution is -0.189. The Kier molecular flexibility index (Phi) is 5.47. The number of ketones is 1. The Morgan fingerprint density at radius 2 is 2.00 bits per heavy atom. The first-order valence-corrected chi connectivity index (χ1v) is 11.5. The maximum Gasteiger partial charge on any atom is 0.174 e. The van der Waals surface area contributed by atoms with Gasteiger partial charge < -0.3 is 19.5 Å². The molecule has 2 heterocycles. The van der Waals surface area contributed by atoms with Crippen molar-refractivity contribution >= 4 is 18.2 Å². The first-order valence-electron chi connectivity index (χ1n) is 11.5. The van der Waals surface area contributed by atoms with Gasteiger partial charge in [0.2, 0.25) is 0 Å². The van der Waals surface area contributed by atoms with E-state index in [9.17, 15) is 4.79 Å². The predicted molar refractivity (Wildman–Crippen MR) is 124 cm³/mol. The first-order chi connectivity index (χ1) is 15.2. The highest BCUT2D eigenvalue weighted by Crippen LogP contribution is 2.64. The summed E-state index contributed by atoms with van der Waals surface area (Å²) in [5.41, 5.74) is 2.97. The number of methoxy groups -OCH3 is 1. The molecular formula is C26H30ClNO4. The standard InChI is InChI=1S/C26H29NO4.ClH/c1-29-20-10-9-18-16-21-26(30-15-5-8-17-6-3-2-4-7-17)12-11-19(28)24-25(26,13-14-27-21)22(18)23(20)31-24;/h2-4,6-7,9-10,21,24,27H,5,8,11-16H2,1H3;1H/t21-,24+,25+,26-;/m1./s1. The summed E-state index contributed by atoms with van der Waals surface area (Å²) in [4.78, 5) is 13.1. The molecule has 6 heteroatoms. The molecule has 0 aromatic heterocycles. The molecule has 4 atom stereocenters. The van der Waals surface area contributed by atoms with Crippen molar-refractivity contribution in [3.8, 4) is 11.5 Å². The molecular weight excluding hydrogens is 426 g/mol. The van der Waals surface area contributed by atoms with Crippen LogP contribution in [0.2, 0.25) is 0 Å². The minimum absolute atomic E-state index is 0. The number of hydrogen-bond acceptors (Lipinski definition) is 5.